The van der Waals surface area contributed by atoms with Gasteiger partial charge in [-0.05, 0) is 75.5 Å². The number of likely N-dealkylation sites (tertiary alicyclic amines) is 1. The van der Waals surface area contributed by atoms with E-state index in [1.54, 1.807) is 0 Å². The van der Waals surface area contributed by atoms with Gasteiger partial charge in [0, 0.05) is 19.1 Å². The minimum absolute atomic E-state index is 0.0251. The van der Waals surface area contributed by atoms with E-state index in [0.717, 1.165) is 75.7 Å². The molecular weight excluding hydrogens is 338 g/mol. The zero-order valence-corrected chi connectivity index (χ0v) is 16.9. The SMILES string of the molecule is CCCCC(CN)NC(=O)C1CCCN1C(=O)C12CC3CC(CC(C3)C1)C2. The summed E-state index contributed by atoms with van der Waals surface area (Å²) in [7, 11) is 0. The van der Waals surface area contributed by atoms with E-state index in [2.05, 4.69) is 12.2 Å². The Balaban J connectivity index is 1.43. The zero-order valence-electron chi connectivity index (χ0n) is 16.9. The third-order valence-corrected chi connectivity index (χ3v) is 7.85. The second-order valence-electron chi connectivity index (χ2n) is 9.94. The Morgan fingerprint density at radius 2 is 1.78 bits per heavy atom. The summed E-state index contributed by atoms with van der Waals surface area (Å²) in [5.74, 6) is 2.59. The van der Waals surface area contributed by atoms with Crippen LogP contribution in [0.1, 0.15) is 77.6 Å². The van der Waals surface area contributed by atoms with Crippen molar-refractivity contribution in [3.63, 3.8) is 0 Å². The Morgan fingerprint density at radius 3 is 2.33 bits per heavy atom. The van der Waals surface area contributed by atoms with Gasteiger partial charge >= 0.3 is 0 Å². The number of amides is 2. The average Bonchev–Trinajstić information content (AvgIpc) is 3.13. The van der Waals surface area contributed by atoms with Gasteiger partial charge < -0.3 is 16.0 Å². The number of rotatable bonds is 7. The summed E-state index contributed by atoms with van der Waals surface area (Å²) in [5.41, 5.74) is 5.72. The number of nitrogens with zero attached hydrogens (tertiary/aromatic N) is 1. The summed E-state index contributed by atoms with van der Waals surface area (Å²) in [4.78, 5) is 28.6. The molecule has 1 aliphatic heterocycles. The smallest absolute Gasteiger partial charge is 0.243 e. The number of nitrogens with one attached hydrogen (secondary N) is 1. The molecule has 4 saturated carbocycles. The molecule has 3 N–H and O–H groups in total. The van der Waals surface area contributed by atoms with E-state index in [9.17, 15) is 9.59 Å². The van der Waals surface area contributed by atoms with Crippen molar-refractivity contribution in [1.29, 1.82) is 0 Å². The predicted molar refractivity (Wildman–Crippen MR) is 106 cm³/mol. The van der Waals surface area contributed by atoms with Gasteiger partial charge in [0.05, 0.1) is 5.41 Å². The fraction of sp³-hybridized carbons (Fsp3) is 0.909. The summed E-state index contributed by atoms with van der Waals surface area (Å²) in [5, 5.41) is 3.14. The number of nitrogens with two attached hydrogens (primary N) is 1. The first kappa shape index (κ1) is 19.2. The molecule has 5 fully saturated rings. The second-order valence-corrected chi connectivity index (χ2v) is 9.94. The van der Waals surface area contributed by atoms with Gasteiger partial charge in [-0.1, -0.05) is 19.8 Å². The highest BCUT2D eigenvalue weighted by Gasteiger charge is 2.56. The third kappa shape index (κ3) is 3.64. The maximum absolute atomic E-state index is 13.7. The van der Waals surface area contributed by atoms with E-state index >= 15 is 0 Å². The molecule has 0 aromatic carbocycles. The Bertz CT molecular complexity index is 541. The van der Waals surface area contributed by atoms with Crippen molar-refractivity contribution in [1.82, 2.24) is 10.2 Å². The lowest BCUT2D eigenvalue weighted by Crippen LogP contribution is -2.58. The minimum atomic E-state index is -0.277. The highest BCUT2D eigenvalue weighted by Crippen LogP contribution is 2.60. The summed E-state index contributed by atoms with van der Waals surface area (Å²) in [6, 6.07) is -0.240. The van der Waals surface area contributed by atoms with Gasteiger partial charge in [0.15, 0.2) is 0 Å². The molecule has 5 nitrogen and oxygen atoms in total. The monoisotopic (exact) mass is 375 g/mol. The van der Waals surface area contributed by atoms with Crippen molar-refractivity contribution < 1.29 is 9.59 Å². The number of carbonyl (C=O) groups excluding carboxylic acids is 2. The summed E-state index contributed by atoms with van der Waals surface area (Å²) in [6.45, 7) is 3.38. The number of unbranched alkanes of at least 4 members (excludes halogenated alkanes) is 1. The maximum atomic E-state index is 13.7. The fourth-order valence-electron chi connectivity index (χ4n) is 6.96. The Hall–Kier alpha value is -1.10. The molecule has 0 spiro atoms. The molecule has 2 amide bonds. The van der Waals surface area contributed by atoms with Crippen LogP contribution in [0.5, 0.6) is 0 Å². The second kappa shape index (κ2) is 7.73. The van der Waals surface area contributed by atoms with Crippen molar-refractivity contribution in [3.8, 4) is 0 Å². The van der Waals surface area contributed by atoms with Gasteiger partial charge in [0.1, 0.15) is 6.04 Å². The molecule has 4 bridgehead atoms. The topological polar surface area (TPSA) is 75.4 Å². The van der Waals surface area contributed by atoms with Gasteiger partial charge in [-0.2, -0.15) is 0 Å². The molecule has 0 aromatic rings. The molecule has 0 aromatic heterocycles. The minimum Gasteiger partial charge on any atom is -0.350 e. The first-order valence-electron chi connectivity index (χ1n) is 11.4. The van der Waals surface area contributed by atoms with Crippen LogP contribution in [0.25, 0.3) is 0 Å². The van der Waals surface area contributed by atoms with Crippen LogP contribution < -0.4 is 11.1 Å². The highest BCUT2D eigenvalue weighted by molar-refractivity contribution is 5.91. The summed E-state index contributed by atoms with van der Waals surface area (Å²) >= 11 is 0. The number of carbonyl (C=O) groups is 2. The van der Waals surface area contributed by atoms with E-state index < -0.39 is 0 Å². The van der Waals surface area contributed by atoms with Gasteiger partial charge in [-0.3, -0.25) is 9.59 Å². The van der Waals surface area contributed by atoms with Crippen LogP contribution in [-0.2, 0) is 9.59 Å². The molecular formula is C22H37N3O2. The first-order valence-corrected chi connectivity index (χ1v) is 11.4. The Labute approximate surface area is 163 Å². The van der Waals surface area contributed by atoms with Gasteiger partial charge in [0.2, 0.25) is 11.8 Å². The first-order chi connectivity index (χ1) is 13.0. The maximum Gasteiger partial charge on any atom is 0.243 e. The normalized spacial score (nSPS) is 38.2. The fourth-order valence-corrected chi connectivity index (χ4v) is 6.96. The quantitative estimate of drug-likeness (QED) is 0.718. The van der Waals surface area contributed by atoms with Crippen LogP contribution in [0.4, 0.5) is 0 Å². The van der Waals surface area contributed by atoms with Gasteiger partial charge in [-0.15, -0.1) is 0 Å². The lowest BCUT2D eigenvalue weighted by Gasteiger charge is -2.56. The molecule has 1 saturated heterocycles. The molecule has 1 heterocycles. The molecule has 5 aliphatic rings. The summed E-state index contributed by atoms with van der Waals surface area (Å²) in [6.07, 6.45) is 12.1. The zero-order chi connectivity index (χ0) is 19.0. The van der Waals surface area contributed by atoms with E-state index in [1.807, 2.05) is 4.90 Å². The molecule has 2 atom stereocenters. The third-order valence-electron chi connectivity index (χ3n) is 7.85. The van der Waals surface area contributed by atoms with Gasteiger partial charge in [0.25, 0.3) is 0 Å². The van der Waals surface area contributed by atoms with Crippen LogP contribution in [0.3, 0.4) is 0 Å². The Kier molecular flexibility index (Phi) is 5.50. The molecule has 4 aliphatic carbocycles. The van der Waals surface area contributed by atoms with Crippen LogP contribution in [0, 0.1) is 23.2 Å². The number of hydrogen-bond acceptors (Lipinski definition) is 3. The molecule has 0 radical (unpaired) electrons. The summed E-state index contributed by atoms with van der Waals surface area (Å²) < 4.78 is 0. The van der Waals surface area contributed by atoms with Crippen LogP contribution in [-0.4, -0.2) is 41.9 Å². The van der Waals surface area contributed by atoms with Gasteiger partial charge in [-0.25, -0.2) is 0 Å². The average molecular weight is 376 g/mol. The van der Waals surface area contributed by atoms with Crippen LogP contribution in [0.2, 0.25) is 0 Å². The van der Waals surface area contributed by atoms with Crippen molar-refractivity contribution in [2.75, 3.05) is 13.1 Å². The molecule has 27 heavy (non-hydrogen) atoms. The highest BCUT2D eigenvalue weighted by atomic mass is 16.2. The van der Waals surface area contributed by atoms with Crippen LogP contribution >= 0.6 is 0 Å². The lowest BCUT2D eigenvalue weighted by atomic mass is 9.49. The predicted octanol–water partition coefficient (Wildman–Crippen LogP) is 2.83. The van der Waals surface area contributed by atoms with E-state index in [4.69, 9.17) is 5.73 Å². The van der Waals surface area contributed by atoms with E-state index in [-0.39, 0.29) is 23.4 Å². The number of hydrogen-bond donors (Lipinski definition) is 2. The van der Waals surface area contributed by atoms with Crippen molar-refractivity contribution in [3.05, 3.63) is 0 Å². The van der Waals surface area contributed by atoms with Crippen molar-refractivity contribution in [2.24, 2.45) is 28.9 Å². The molecule has 152 valence electrons. The molecule has 2 unspecified atom stereocenters. The largest absolute Gasteiger partial charge is 0.350 e. The van der Waals surface area contributed by atoms with Crippen molar-refractivity contribution >= 4 is 11.8 Å². The van der Waals surface area contributed by atoms with Crippen molar-refractivity contribution in [2.45, 2.75) is 89.6 Å². The van der Waals surface area contributed by atoms with Crippen LogP contribution in [0.15, 0.2) is 0 Å². The molecule has 5 rings (SSSR count). The Morgan fingerprint density at radius 1 is 1.15 bits per heavy atom. The standard InChI is InChI=1S/C22H37N3O2/c1-2-3-5-18(14-23)24-20(26)19-6-4-7-25(19)21(27)22-11-15-8-16(12-22)10-17(9-15)13-22/h15-19H,2-14,23H2,1H3,(H,24,26). The van der Waals surface area contributed by atoms with E-state index in [0.29, 0.717) is 12.5 Å². The molecule has 5 heteroatoms. The lowest BCUT2D eigenvalue weighted by molar-refractivity contribution is -0.160. The van der Waals surface area contributed by atoms with E-state index in [1.165, 1.54) is 19.3 Å².